The molecule has 0 heterocycles. The Morgan fingerprint density at radius 2 is 2.00 bits per heavy atom. The number of halogens is 1. The second-order valence-corrected chi connectivity index (χ2v) is 7.98. The van der Waals surface area contributed by atoms with E-state index in [9.17, 15) is 8.90 Å². The largest absolute Gasteiger partial charge is 0.466 e. The van der Waals surface area contributed by atoms with Crippen molar-refractivity contribution in [1.82, 2.24) is 0 Å². The Bertz CT molecular complexity index is 177. The average molecular weight is 220 g/mol. The molecule has 0 saturated heterocycles. The fourth-order valence-electron chi connectivity index (χ4n) is 1.45. The highest BCUT2D eigenvalue weighted by Crippen LogP contribution is 2.29. The van der Waals surface area contributed by atoms with Crippen molar-refractivity contribution < 1.29 is 13.6 Å². The van der Waals surface area contributed by atoms with Gasteiger partial charge in [-0.25, -0.2) is 0 Å². The Morgan fingerprint density at radius 1 is 1.43 bits per heavy atom. The van der Waals surface area contributed by atoms with Gasteiger partial charge in [0.2, 0.25) is 8.41 Å². The Kier molecular flexibility index (Phi) is 6.00. The fourth-order valence-corrected chi connectivity index (χ4v) is 3.22. The summed E-state index contributed by atoms with van der Waals surface area (Å²) in [6.45, 7) is 7.53. The molecule has 0 aromatic carbocycles. The van der Waals surface area contributed by atoms with Gasteiger partial charge in [-0.2, -0.15) is 0 Å². The van der Waals surface area contributed by atoms with Gasteiger partial charge in [0, 0.05) is 6.42 Å². The number of carbonyl (C=O) groups is 1. The Labute approximate surface area is 87.0 Å². The molecular formula is C10H21FO2Si. The minimum absolute atomic E-state index is 0.104. The van der Waals surface area contributed by atoms with Crippen molar-refractivity contribution in [3.8, 4) is 0 Å². The van der Waals surface area contributed by atoms with Crippen LogP contribution in [0.1, 0.15) is 33.1 Å². The lowest BCUT2D eigenvalue weighted by atomic mass is 10.2. The van der Waals surface area contributed by atoms with E-state index in [-0.39, 0.29) is 11.5 Å². The molecule has 1 unspecified atom stereocenters. The van der Waals surface area contributed by atoms with E-state index in [1.807, 2.05) is 6.92 Å². The zero-order valence-corrected chi connectivity index (χ0v) is 10.6. The fraction of sp³-hybridized carbons (Fsp3) is 0.900. The molecule has 0 bridgehead atoms. The van der Waals surface area contributed by atoms with Crippen molar-refractivity contribution in [3.05, 3.63) is 0 Å². The first-order chi connectivity index (χ1) is 6.41. The molecule has 0 aromatic heterocycles. The zero-order chi connectivity index (χ0) is 11.2. The van der Waals surface area contributed by atoms with Crippen molar-refractivity contribution in [1.29, 1.82) is 0 Å². The summed E-state index contributed by atoms with van der Waals surface area (Å²) < 4.78 is 18.6. The smallest absolute Gasteiger partial charge is 0.305 e. The minimum atomic E-state index is -2.56. The summed E-state index contributed by atoms with van der Waals surface area (Å²) in [4.78, 5) is 10.8. The molecule has 0 aliphatic carbocycles. The van der Waals surface area contributed by atoms with E-state index in [1.165, 1.54) is 0 Å². The van der Waals surface area contributed by atoms with Crippen LogP contribution >= 0.6 is 0 Å². The number of carbonyl (C=O) groups excluding carboxylic acids is 1. The van der Waals surface area contributed by atoms with Crippen LogP contribution in [0.4, 0.5) is 4.11 Å². The Hall–Kier alpha value is -0.383. The van der Waals surface area contributed by atoms with Crippen LogP contribution in [-0.4, -0.2) is 21.0 Å². The second-order valence-electron chi connectivity index (χ2n) is 4.03. The highest BCUT2D eigenvalue weighted by molar-refractivity contribution is 6.72. The number of ether oxygens (including phenoxy) is 1. The van der Waals surface area contributed by atoms with E-state index in [2.05, 4.69) is 0 Å². The standard InChI is InChI=1S/C10H21FO2Si/c1-5-9(14(3,4)11)7-8-13-10(12)6-2/h9H,5-8H2,1-4H3. The summed E-state index contributed by atoms with van der Waals surface area (Å²) in [7, 11) is -2.56. The van der Waals surface area contributed by atoms with Gasteiger partial charge in [0.1, 0.15) is 0 Å². The van der Waals surface area contributed by atoms with Crippen LogP contribution in [0.15, 0.2) is 0 Å². The highest BCUT2D eigenvalue weighted by Gasteiger charge is 2.31. The third kappa shape index (κ3) is 5.37. The van der Waals surface area contributed by atoms with Gasteiger partial charge >= 0.3 is 5.97 Å². The van der Waals surface area contributed by atoms with Gasteiger partial charge in [0.15, 0.2) is 0 Å². The molecule has 0 N–H and O–H groups in total. The van der Waals surface area contributed by atoms with Crippen molar-refractivity contribution in [2.24, 2.45) is 0 Å². The molecule has 1 atom stereocenters. The van der Waals surface area contributed by atoms with Gasteiger partial charge in [0.05, 0.1) is 6.61 Å². The van der Waals surface area contributed by atoms with Gasteiger partial charge in [-0.05, 0) is 25.1 Å². The molecule has 0 amide bonds. The number of rotatable bonds is 6. The average Bonchev–Trinajstić information content (AvgIpc) is 2.09. The van der Waals surface area contributed by atoms with Crippen LogP contribution in [0.25, 0.3) is 0 Å². The predicted octanol–water partition coefficient (Wildman–Crippen LogP) is 3.28. The maximum Gasteiger partial charge on any atom is 0.305 e. The third-order valence-corrected chi connectivity index (χ3v) is 5.12. The normalized spacial score (nSPS) is 13.8. The van der Waals surface area contributed by atoms with Gasteiger partial charge in [0.25, 0.3) is 0 Å². The summed E-state index contributed by atoms with van der Waals surface area (Å²) in [5, 5.41) is 0. The minimum Gasteiger partial charge on any atom is -0.466 e. The molecule has 0 saturated carbocycles. The third-order valence-electron chi connectivity index (χ3n) is 2.48. The van der Waals surface area contributed by atoms with Crippen molar-refractivity contribution >= 4 is 14.4 Å². The van der Waals surface area contributed by atoms with Gasteiger partial charge in [-0.1, -0.05) is 20.3 Å². The van der Waals surface area contributed by atoms with Crippen molar-refractivity contribution in [2.75, 3.05) is 6.61 Å². The predicted molar refractivity (Wildman–Crippen MR) is 58.5 cm³/mol. The number of hydrogen-bond acceptors (Lipinski definition) is 2. The quantitative estimate of drug-likeness (QED) is 0.390. The van der Waals surface area contributed by atoms with Crippen LogP contribution < -0.4 is 0 Å². The molecule has 0 aliphatic heterocycles. The maximum absolute atomic E-state index is 13.7. The molecule has 0 spiro atoms. The molecule has 0 aromatic rings. The Balaban J connectivity index is 3.80. The molecule has 84 valence electrons. The first kappa shape index (κ1) is 13.6. The summed E-state index contributed by atoms with van der Waals surface area (Å²) in [5.41, 5.74) is 0.104. The number of esters is 1. The lowest BCUT2D eigenvalue weighted by Gasteiger charge is -2.22. The molecular weight excluding hydrogens is 199 g/mol. The van der Waals surface area contributed by atoms with Crippen molar-refractivity contribution in [3.63, 3.8) is 0 Å². The van der Waals surface area contributed by atoms with Crippen LogP contribution in [0.2, 0.25) is 18.6 Å². The first-order valence-corrected chi connectivity index (χ1v) is 8.21. The molecule has 0 fully saturated rings. The molecule has 0 rings (SSSR count). The zero-order valence-electron chi connectivity index (χ0n) is 9.60. The lowest BCUT2D eigenvalue weighted by Crippen LogP contribution is -2.27. The van der Waals surface area contributed by atoms with Crippen LogP contribution in [-0.2, 0) is 9.53 Å². The van der Waals surface area contributed by atoms with E-state index < -0.39 is 8.41 Å². The molecule has 0 aliphatic rings. The lowest BCUT2D eigenvalue weighted by molar-refractivity contribution is -0.143. The van der Waals surface area contributed by atoms with Crippen LogP contribution in [0, 0.1) is 0 Å². The van der Waals surface area contributed by atoms with Crippen LogP contribution in [0.5, 0.6) is 0 Å². The van der Waals surface area contributed by atoms with Gasteiger partial charge < -0.3 is 8.84 Å². The van der Waals surface area contributed by atoms with E-state index in [4.69, 9.17) is 4.74 Å². The van der Waals surface area contributed by atoms with E-state index in [0.29, 0.717) is 19.4 Å². The topological polar surface area (TPSA) is 26.3 Å². The summed E-state index contributed by atoms with van der Waals surface area (Å²) in [5.74, 6) is -0.196. The monoisotopic (exact) mass is 220 g/mol. The van der Waals surface area contributed by atoms with Crippen molar-refractivity contribution in [2.45, 2.75) is 51.7 Å². The number of hydrogen-bond donors (Lipinski definition) is 0. The van der Waals surface area contributed by atoms with E-state index in [1.54, 1.807) is 20.0 Å². The second kappa shape index (κ2) is 6.17. The summed E-state index contributed by atoms with van der Waals surface area (Å²) in [6, 6.07) is 0. The summed E-state index contributed by atoms with van der Waals surface area (Å²) in [6.07, 6.45) is 1.89. The van der Waals surface area contributed by atoms with E-state index >= 15 is 0 Å². The SMILES string of the molecule is CCC(=O)OCCC(CC)[Si](C)(C)F. The van der Waals surface area contributed by atoms with Gasteiger partial charge in [-0.15, -0.1) is 0 Å². The van der Waals surface area contributed by atoms with E-state index in [0.717, 1.165) is 6.42 Å². The van der Waals surface area contributed by atoms with Gasteiger partial charge in [-0.3, -0.25) is 4.79 Å². The Morgan fingerprint density at radius 3 is 2.36 bits per heavy atom. The first-order valence-electron chi connectivity index (χ1n) is 5.26. The molecule has 4 heteroatoms. The molecule has 0 radical (unpaired) electrons. The highest BCUT2D eigenvalue weighted by atomic mass is 28.4. The maximum atomic E-state index is 13.7. The molecule has 2 nitrogen and oxygen atoms in total. The molecule has 14 heavy (non-hydrogen) atoms. The van der Waals surface area contributed by atoms with Crippen LogP contribution in [0.3, 0.4) is 0 Å². The summed E-state index contributed by atoms with van der Waals surface area (Å²) >= 11 is 0.